The highest BCUT2D eigenvalue weighted by Crippen LogP contribution is 2.32. The van der Waals surface area contributed by atoms with Crippen LogP contribution in [0.15, 0.2) is 18.2 Å². The van der Waals surface area contributed by atoms with Gasteiger partial charge in [-0.2, -0.15) is 0 Å². The van der Waals surface area contributed by atoms with E-state index >= 15 is 0 Å². The van der Waals surface area contributed by atoms with Gasteiger partial charge in [0.05, 0.1) is 37.9 Å². The Kier molecular flexibility index (Phi) is 10.4. The van der Waals surface area contributed by atoms with E-state index in [1.54, 1.807) is 4.90 Å². The number of aliphatic hydroxyl groups excluding tert-OH is 1. The molecule has 1 aromatic rings. The minimum absolute atomic E-state index is 0.0186. The molecule has 34 heavy (non-hydrogen) atoms. The van der Waals surface area contributed by atoms with Gasteiger partial charge in [-0.25, -0.2) is 0 Å². The van der Waals surface area contributed by atoms with Gasteiger partial charge in [-0.05, 0) is 57.9 Å². The van der Waals surface area contributed by atoms with E-state index in [4.69, 9.17) is 18.9 Å². The zero-order valence-corrected chi connectivity index (χ0v) is 21.2. The lowest BCUT2D eigenvalue weighted by Gasteiger charge is -2.35. The number of likely N-dealkylation sites (N-methyl/N-ethyl adjacent to an activating group) is 1. The van der Waals surface area contributed by atoms with Gasteiger partial charge in [-0.1, -0.05) is 13.0 Å². The van der Waals surface area contributed by atoms with E-state index in [2.05, 4.69) is 31.9 Å². The highest BCUT2D eigenvalue weighted by atomic mass is 16.7. The normalized spacial score (nSPS) is 25.9. The number of aliphatic hydroxyl groups is 1. The van der Waals surface area contributed by atoms with Gasteiger partial charge in [0.1, 0.15) is 0 Å². The van der Waals surface area contributed by atoms with Gasteiger partial charge < -0.3 is 29.0 Å². The van der Waals surface area contributed by atoms with Crippen molar-refractivity contribution in [2.24, 2.45) is 5.92 Å². The highest BCUT2D eigenvalue weighted by Gasteiger charge is 2.27. The molecule has 0 bridgehead atoms. The fourth-order valence-corrected chi connectivity index (χ4v) is 4.52. The van der Waals surface area contributed by atoms with Gasteiger partial charge in [0.2, 0.25) is 12.7 Å². The molecule has 0 aromatic heterocycles. The second kappa shape index (κ2) is 13.3. The van der Waals surface area contributed by atoms with E-state index in [-0.39, 0.29) is 43.5 Å². The summed E-state index contributed by atoms with van der Waals surface area (Å²) in [6.07, 6.45) is 3.41. The summed E-state index contributed by atoms with van der Waals surface area (Å²) >= 11 is 0. The maximum atomic E-state index is 13.0. The zero-order chi connectivity index (χ0) is 24.5. The fraction of sp³-hybridized carbons (Fsp3) is 0.731. The number of ether oxygens (including phenoxy) is 4. The topological polar surface area (TPSA) is 80.7 Å². The molecule has 1 fully saturated rings. The molecule has 0 unspecified atom stereocenters. The standard InChI is InChI=1S/C26H42N2O6/c1-19-14-28(20(2)17-29)26(30)10-12-31-21(3)7-5-6-11-32-25(19)16-27(4)15-22-8-9-23-24(13-22)34-18-33-23/h8-9,13,19-21,25,29H,5-7,10-12,14-18H2,1-4H3/t19-,20+,21-,25+/m1/s1. The number of benzene rings is 1. The summed E-state index contributed by atoms with van der Waals surface area (Å²) in [5, 5.41) is 9.76. The predicted octanol–water partition coefficient (Wildman–Crippen LogP) is 3.06. The molecule has 2 aliphatic rings. The average molecular weight is 479 g/mol. The predicted molar refractivity (Wildman–Crippen MR) is 130 cm³/mol. The highest BCUT2D eigenvalue weighted by molar-refractivity contribution is 5.76. The third-order valence-electron chi connectivity index (χ3n) is 6.67. The Hall–Kier alpha value is -1.87. The number of rotatable bonds is 6. The first-order valence-electron chi connectivity index (χ1n) is 12.6. The summed E-state index contributed by atoms with van der Waals surface area (Å²) in [5.41, 5.74) is 1.15. The third-order valence-corrected chi connectivity index (χ3v) is 6.67. The van der Waals surface area contributed by atoms with E-state index in [9.17, 15) is 9.90 Å². The fourth-order valence-electron chi connectivity index (χ4n) is 4.52. The van der Waals surface area contributed by atoms with Crippen molar-refractivity contribution in [3.63, 3.8) is 0 Å². The molecule has 1 amide bonds. The molecular weight excluding hydrogens is 436 g/mol. The van der Waals surface area contributed by atoms with Gasteiger partial charge in [0, 0.05) is 32.2 Å². The van der Waals surface area contributed by atoms with Crippen molar-refractivity contribution in [3.8, 4) is 11.5 Å². The Morgan fingerprint density at radius 1 is 1.15 bits per heavy atom. The van der Waals surface area contributed by atoms with Gasteiger partial charge in [-0.15, -0.1) is 0 Å². The lowest BCUT2D eigenvalue weighted by molar-refractivity contribution is -0.137. The van der Waals surface area contributed by atoms with Crippen LogP contribution in [0.1, 0.15) is 52.0 Å². The Bertz CT molecular complexity index is 776. The van der Waals surface area contributed by atoms with Gasteiger partial charge in [0.25, 0.3) is 0 Å². The van der Waals surface area contributed by atoms with Crippen LogP contribution in [0, 0.1) is 5.92 Å². The molecule has 0 saturated carbocycles. The lowest BCUT2D eigenvalue weighted by atomic mass is 10.0. The first kappa shape index (κ1) is 26.7. The maximum Gasteiger partial charge on any atom is 0.231 e. The quantitative estimate of drug-likeness (QED) is 0.673. The monoisotopic (exact) mass is 478 g/mol. The second-order valence-corrected chi connectivity index (χ2v) is 9.78. The van der Waals surface area contributed by atoms with Gasteiger partial charge >= 0.3 is 0 Å². The van der Waals surface area contributed by atoms with Crippen LogP contribution in [0.2, 0.25) is 0 Å². The average Bonchev–Trinajstić information content (AvgIpc) is 3.28. The smallest absolute Gasteiger partial charge is 0.231 e. The lowest BCUT2D eigenvalue weighted by Crippen LogP contribution is -2.47. The van der Waals surface area contributed by atoms with E-state index in [0.29, 0.717) is 26.2 Å². The van der Waals surface area contributed by atoms with Crippen LogP contribution >= 0.6 is 0 Å². The van der Waals surface area contributed by atoms with Crippen molar-refractivity contribution < 1.29 is 28.8 Å². The molecule has 2 heterocycles. The Labute approximate surface area is 204 Å². The van der Waals surface area contributed by atoms with Crippen molar-refractivity contribution in [3.05, 3.63) is 23.8 Å². The van der Waals surface area contributed by atoms with Crippen molar-refractivity contribution in [1.29, 1.82) is 0 Å². The van der Waals surface area contributed by atoms with Crippen LogP contribution < -0.4 is 9.47 Å². The van der Waals surface area contributed by atoms with Crippen LogP contribution in [-0.4, -0.2) is 85.8 Å². The van der Waals surface area contributed by atoms with Crippen LogP contribution in [-0.2, 0) is 20.8 Å². The van der Waals surface area contributed by atoms with Crippen LogP contribution in [0.3, 0.4) is 0 Å². The molecule has 8 nitrogen and oxygen atoms in total. The SMILES string of the molecule is C[C@@H]1CCCCO[C@@H](CN(C)Cc2ccc3c(c2)OCO3)[C@H](C)CN([C@@H](C)CO)C(=O)CCO1. The number of nitrogens with zero attached hydrogens (tertiary/aromatic N) is 2. The van der Waals surface area contributed by atoms with Gasteiger partial charge in [-0.3, -0.25) is 9.69 Å². The number of carbonyl (C=O) groups is 1. The molecular formula is C26H42N2O6. The third kappa shape index (κ3) is 7.83. The number of hydrogen-bond acceptors (Lipinski definition) is 7. The molecule has 3 rings (SSSR count). The molecule has 0 aliphatic carbocycles. The van der Waals surface area contributed by atoms with E-state index in [0.717, 1.165) is 49.4 Å². The summed E-state index contributed by atoms with van der Waals surface area (Å²) < 4.78 is 23.1. The molecule has 4 atom stereocenters. The van der Waals surface area contributed by atoms with E-state index < -0.39 is 0 Å². The molecule has 0 spiro atoms. The van der Waals surface area contributed by atoms with Crippen LogP contribution in [0.5, 0.6) is 11.5 Å². The molecule has 1 saturated heterocycles. The molecule has 0 radical (unpaired) electrons. The minimum Gasteiger partial charge on any atom is -0.454 e. The summed E-state index contributed by atoms with van der Waals surface area (Å²) in [7, 11) is 2.09. The summed E-state index contributed by atoms with van der Waals surface area (Å²) in [6, 6.07) is 5.81. The Balaban J connectivity index is 1.67. The second-order valence-electron chi connectivity index (χ2n) is 9.78. The molecule has 192 valence electrons. The van der Waals surface area contributed by atoms with E-state index in [1.807, 2.05) is 19.1 Å². The Morgan fingerprint density at radius 2 is 1.94 bits per heavy atom. The number of fused-ring (bicyclic) bond motifs is 1. The maximum absolute atomic E-state index is 13.0. The van der Waals surface area contributed by atoms with Crippen molar-refractivity contribution in [2.75, 3.05) is 46.8 Å². The largest absolute Gasteiger partial charge is 0.454 e. The molecule has 2 aliphatic heterocycles. The number of amides is 1. The molecule has 8 heteroatoms. The van der Waals surface area contributed by atoms with Crippen LogP contribution in [0.4, 0.5) is 0 Å². The van der Waals surface area contributed by atoms with Crippen LogP contribution in [0.25, 0.3) is 0 Å². The summed E-state index contributed by atoms with van der Waals surface area (Å²) in [6.45, 7) is 9.43. The first-order chi connectivity index (χ1) is 16.4. The zero-order valence-electron chi connectivity index (χ0n) is 21.2. The number of hydrogen-bond donors (Lipinski definition) is 1. The molecule has 1 N–H and O–H groups in total. The van der Waals surface area contributed by atoms with Crippen molar-refractivity contribution in [1.82, 2.24) is 9.80 Å². The summed E-state index contributed by atoms with van der Waals surface area (Å²) in [5.74, 6) is 1.71. The minimum atomic E-state index is -0.243. The van der Waals surface area contributed by atoms with E-state index in [1.165, 1.54) is 0 Å². The Morgan fingerprint density at radius 3 is 2.74 bits per heavy atom. The van der Waals surface area contributed by atoms with Crippen molar-refractivity contribution >= 4 is 5.91 Å². The first-order valence-corrected chi connectivity index (χ1v) is 12.6. The summed E-state index contributed by atoms with van der Waals surface area (Å²) in [4.78, 5) is 17.0. The van der Waals surface area contributed by atoms with Gasteiger partial charge in [0.15, 0.2) is 11.5 Å². The number of carbonyl (C=O) groups excluding carboxylic acids is 1. The van der Waals surface area contributed by atoms with Crippen molar-refractivity contribution in [2.45, 2.75) is 71.2 Å². The molecule has 1 aromatic carbocycles.